The fraction of sp³-hybridized carbons (Fsp3) is 0.462. The van der Waals surface area contributed by atoms with Crippen molar-refractivity contribution in [3.05, 3.63) is 23.8 Å². The normalized spacial score (nSPS) is 12.2. The highest BCUT2D eigenvalue weighted by Gasteiger charge is 2.16. The average molecular weight is 269 g/mol. The number of carbonyl (C=O) groups is 1. The number of aliphatic hydroxyl groups excluding tert-OH is 1. The second-order valence-corrected chi connectivity index (χ2v) is 4.95. The molecule has 0 amide bonds. The van der Waals surface area contributed by atoms with Gasteiger partial charge in [-0.3, -0.25) is 0 Å². The molecule has 0 saturated carbocycles. The number of hydrogen-bond acceptors (Lipinski definition) is 4. The first-order valence-corrected chi connectivity index (χ1v) is 7.10. The van der Waals surface area contributed by atoms with Crippen LogP contribution in [0.2, 0.25) is 0 Å². The zero-order valence-electron chi connectivity index (χ0n) is 10.6. The minimum Gasteiger partial charge on any atom is -0.478 e. The van der Waals surface area contributed by atoms with Crippen LogP contribution in [0.15, 0.2) is 23.1 Å². The van der Waals surface area contributed by atoms with Gasteiger partial charge in [0.25, 0.3) is 0 Å². The van der Waals surface area contributed by atoms with E-state index < -0.39 is 5.97 Å². The fourth-order valence-corrected chi connectivity index (χ4v) is 2.39. The molecule has 1 unspecified atom stereocenters. The number of thioether (sulfide) groups is 1. The van der Waals surface area contributed by atoms with Gasteiger partial charge in [-0.05, 0) is 38.2 Å². The quantitative estimate of drug-likeness (QED) is 0.664. The van der Waals surface area contributed by atoms with Crippen molar-refractivity contribution in [1.29, 1.82) is 0 Å². The van der Waals surface area contributed by atoms with Crippen molar-refractivity contribution in [3.63, 3.8) is 0 Å². The van der Waals surface area contributed by atoms with Gasteiger partial charge in [0, 0.05) is 17.5 Å². The van der Waals surface area contributed by atoms with Gasteiger partial charge in [-0.2, -0.15) is 0 Å². The van der Waals surface area contributed by atoms with Gasteiger partial charge in [0.1, 0.15) is 0 Å². The zero-order valence-corrected chi connectivity index (χ0v) is 11.5. The Hall–Kier alpha value is -1.20. The van der Waals surface area contributed by atoms with Crippen LogP contribution in [-0.2, 0) is 0 Å². The maximum Gasteiger partial charge on any atom is 0.338 e. The Kier molecular flexibility index (Phi) is 6.01. The number of hydrogen-bond donors (Lipinski definition) is 3. The van der Waals surface area contributed by atoms with Crippen LogP contribution in [0.4, 0.5) is 5.69 Å². The molecule has 3 N–H and O–H groups in total. The van der Waals surface area contributed by atoms with E-state index in [1.165, 1.54) is 11.8 Å². The molecule has 1 atom stereocenters. The lowest BCUT2D eigenvalue weighted by Crippen LogP contribution is -2.18. The van der Waals surface area contributed by atoms with Gasteiger partial charge in [0.05, 0.1) is 11.3 Å². The molecular formula is C13H19NO3S. The van der Waals surface area contributed by atoms with E-state index in [9.17, 15) is 9.90 Å². The van der Waals surface area contributed by atoms with Crippen LogP contribution in [0.1, 0.15) is 30.1 Å². The lowest BCUT2D eigenvalue weighted by Gasteiger charge is -2.17. The summed E-state index contributed by atoms with van der Waals surface area (Å²) in [5, 5.41) is 21.3. The molecule has 1 aromatic rings. The summed E-state index contributed by atoms with van der Waals surface area (Å²) >= 11 is 1.42. The number of aliphatic hydroxyl groups is 1. The molecule has 1 aromatic carbocycles. The van der Waals surface area contributed by atoms with Crippen molar-refractivity contribution in [2.75, 3.05) is 18.2 Å². The Labute approximate surface area is 111 Å². The SMILES string of the molecule is CSc1cccc(NC(C)CCCO)c1C(=O)O. The van der Waals surface area contributed by atoms with Gasteiger partial charge in [0.2, 0.25) is 0 Å². The van der Waals surface area contributed by atoms with Gasteiger partial charge in [-0.15, -0.1) is 11.8 Å². The highest BCUT2D eigenvalue weighted by molar-refractivity contribution is 7.98. The van der Waals surface area contributed by atoms with Crippen LogP contribution in [0.5, 0.6) is 0 Å². The van der Waals surface area contributed by atoms with Gasteiger partial charge >= 0.3 is 5.97 Å². The third-order valence-electron chi connectivity index (χ3n) is 2.66. The van der Waals surface area contributed by atoms with Crippen LogP contribution in [0.25, 0.3) is 0 Å². The number of benzene rings is 1. The number of anilines is 1. The summed E-state index contributed by atoms with van der Waals surface area (Å²) < 4.78 is 0. The van der Waals surface area contributed by atoms with E-state index in [2.05, 4.69) is 5.32 Å². The second-order valence-electron chi connectivity index (χ2n) is 4.10. The molecule has 18 heavy (non-hydrogen) atoms. The van der Waals surface area contributed by atoms with Crippen molar-refractivity contribution >= 4 is 23.4 Å². The maximum absolute atomic E-state index is 11.3. The van der Waals surface area contributed by atoms with Crippen LogP contribution in [-0.4, -0.2) is 35.1 Å². The summed E-state index contributed by atoms with van der Waals surface area (Å²) in [5.41, 5.74) is 0.959. The maximum atomic E-state index is 11.3. The minimum absolute atomic E-state index is 0.132. The fourth-order valence-electron chi connectivity index (χ4n) is 1.78. The third-order valence-corrected chi connectivity index (χ3v) is 3.44. The van der Waals surface area contributed by atoms with Crippen molar-refractivity contribution in [3.8, 4) is 0 Å². The van der Waals surface area contributed by atoms with Crippen LogP contribution in [0.3, 0.4) is 0 Å². The van der Waals surface area contributed by atoms with Gasteiger partial charge in [0.15, 0.2) is 0 Å². The zero-order chi connectivity index (χ0) is 13.5. The van der Waals surface area contributed by atoms with Crippen molar-refractivity contribution < 1.29 is 15.0 Å². The van der Waals surface area contributed by atoms with Crippen LogP contribution in [0, 0.1) is 0 Å². The Morgan fingerprint density at radius 2 is 2.22 bits per heavy atom. The molecule has 0 aliphatic heterocycles. The third kappa shape index (κ3) is 3.92. The number of rotatable bonds is 7. The monoisotopic (exact) mass is 269 g/mol. The Morgan fingerprint density at radius 3 is 2.78 bits per heavy atom. The van der Waals surface area contributed by atoms with Crippen molar-refractivity contribution in [2.24, 2.45) is 0 Å². The van der Waals surface area contributed by atoms with E-state index in [1.807, 2.05) is 19.2 Å². The largest absolute Gasteiger partial charge is 0.478 e. The lowest BCUT2D eigenvalue weighted by atomic mass is 10.1. The summed E-state index contributed by atoms with van der Waals surface area (Å²) in [4.78, 5) is 12.1. The molecule has 0 bridgehead atoms. The molecule has 5 heteroatoms. The van der Waals surface area contributed by atoms with Gasteiger partial charge in [-0.1, -0.05) is 6.07 Å². The van der Waals surface area contributed by atoms with E-state index in [0.717, 1.165) is 11.3 Å². The topological polar surface area (TPSA) is 69.6 Å². The minimum atomic E-state index is -0.920. The molecule has 0 saturated heterocycles. The highest BCUT2D eigenvalue weighted by atomic mass is 32.2. The van der Waals surface area contributed by atoms with Gasteiger partial charge in [-0.25, -0.2) is 4.79 Å². The number of nitrogens with one attached hydrogen (secondary N) is 1. The lowest BCUT2D eigenvalue weighted by molar-refractivity contribution is 0.0694. The van der Waals surface area contributed by atoms with E-state index in [4.69, 9.17) is 5.11 Å². The summed E-state index contributed by atoms with van der Waals surface area (Å²) in [6.07, 6.45) is 3.37. The van der Waals surface area contributed by atoms with Crippen molar-refractivity contribution in [1.82, 2.24) is 0 Å². The van der Waals surface area contributed by atoms with E-state index in [0.29, 0.717) is 17.7 Å². The summed E-state index contributed by atoms with van der Waals surface area (Å²) in [6, 6.07) is 5.56. The molecule has 100 valence electrons. The standard InChI is InChI=1S/C13H19NO3S/c1-9(5-4-8-15)14-10-6-3-7-11(18-2)12(10)13(16)17/h3,6-7,9,14-15H,4-5,8H2,1-2H3,(H,16,17). The summed E-state index contributed by atoms with van der Waals surface area (Å²) in [6.45, 7) is 2.13. The first-order chi connectivity index (χ1) is 8.60. The van der Waals surface area contributed by atoms with Crippen molar-refractivity contribution in [2.45, 2.75) is 30.7 Å². The van der Waals surface area contributed by atoms with Crippen LogP contribution >= 0.6 is 11.8 Å². The molecular weight excluding hydrogens is 250 g/mol. The van der Waals surface area contributed by atoms with E-state index in [-0.39, 0.29) is 12.6 Å². The number of aromatic carboxylic acids is 1. The molecule has 0 spiro atoms. The Bertz CT molecular complexity index is 409. The average Bonchev–Trinajstić information content (AvgIpc) is 2.35. The van der Waals surface area contributed by atoms with E-state index >= 15 is 0 Å². The molecule has 0 aromatic heterocycles. The smallest absolute Gasteiger partial charge is 0.338 e. The predicted molar refractivity (Wildman–Crippen MR) is 74.6 cm³/mol. The molecule has 0 aliphatic rings. The number of carboxylic acids is 1. The molecule has 0 heterocycles. The van der Waals surface area contributed by atoms with E-state index in [1.54, 1.807) is 12.1 Å². The van der Waals surface area contributed by atoms with Gasteiger partial charge < -0.3 is 15.5 Å². The predicted octanol–water partition coefficient (Wildman–Crippen LogP) is 2.68. The van der Waals surface area contributed by atoms with Crippen LogP contribution < -0.4 is 5.32 Å². The molecule has 4 nitrogen and oxygen atoms in total. The second kappa shape index (κ2) is 7.28. The molecule has 0 radical (unpaired) electrons. The molecule has 1 rings (SSSR count). The summed E-state index contributed by atoms with van der Waals surface area (Å²) in [7, 11) is 0. The Balaban J connectivity index is 2.90. The Morgan fingerprint density at radius 1 is 1.50 bits per heavy atom. The highest BCUT2D eigenvalue weighted by Crippen LogP contribution is 2.27. The number of carboxylic acid groups (broad SMARTS) is 1. The summed E-state index contributed by atoms with van der Waals surface area (Å²) in [5.74, 6) is -0.920. The molecule has 0 fully saturated rings. The first-order valence-electron chi connectivity index (χ1n) is 5.87. The first kappa shape index (κ1) is 14.9. The molecule has 0 aliphatic carbocycles.